The van der Waals surface area contributed by atoms with Crippen molar-refractivity contribution in [2.45, 2.75) is 26.7 Å². The second-order valence-electron chi connectivity index (χ2n) is 6.27. The molecule has 0 spiro atoms. The molecule has 0 aromatic carbocycles. The third-order valence-corrected chi connectivity index (χ3v) is 4.67. The number of pyridine rings is 1. The van der Waals surface area contributed by atoms with Gasteiger partial charge in [-0.25, -0.2) is 15.0 Å². The summed E-state index contributed by atoms with van der Waals surface area (Å²) >= 11 is 10.2. The lowest BCUT2D eigenvalue weighted by Gasteiger charge is -2.25. The highest BCUT2D eigenvalue weighted by Crippen LogP contribution is 2.25. The van der Waals surface area contributed by atoms with E-state index in [1.54, 1.807) is 17.0 Å². The molecule has 2 aromatic rings. The van der Waals surface area contributed by atoms with E-state index in [2.05, 4.69) is 44.4 Å². The van der Waals surface area contributed by atoms with Crippen LogP contribution in [0.4, 0.5) is 0 Å². The molecule has 9 nitrogen and oxygen atoms in total. The van der Waals surface area contributed by atoms with Crippen LogP contribution in [0.15, 0.2) is 37.2 Å². The molecular formula is C22H33ClN6O3S. The number of rotatable bonds is 9. The number of hydrogen-bond acceptors (Lipinski definition) is 8. The fourth-order valence-corrected chi connectivity index (χ4v) is 3.04. The first-order valence-corrected chi connectivity index (χ1v) is 11.2. The quantitative estimate of drug-likeness (QED) is 0.239. The van der Waals surface area contributed by atoms with Crippen LogP contribution in [-0.2, 0) is 4.79 Å². The minimum Gasteiger partial charge on any atom is -0.400 e. The number of hydrogen-bond donors (Lipinski definition) is 4. The second kappa shape index (κ2) is 17.0. The SMILES string of the molecule is C=CC(=O)N(CCNS)CC(C)c1cc(Cl)nc(-c2cc(C(=O)NC)ncn2)c1.CC.CO. The molecule has 0 fully saturated rings. The topological polar surface area (TPSA) is 120 Å². The van der Waals surface area contributed by atoms with E-state index in [9.17, 15) is 9.59 Å². The van der Waals surface area contributed by atoms with Gasteiger partial charge in [0.15, 0.2) is 0 Å². The number of aromatic nitrogens is 3. The van der Waals surface area contributed by atoms with E-state index in [1.165, 1.54) is 19.5 Å². The summed E-state index contributed by atoms with van der Waals surface area (Å²) in [4.78, 5) is 38.1. The fourth-order valence-electron chi connectivity index (χ4n) is 2.72. The molecule has 2 rings (SSSR count). The number of halogens is 1. The van der Waals surface area contributed by atoms with Crippen LogP contribution in [-0.4, -0.2) is 70.6 Å². The van der Waals surface area contributed by atoms with Crippen LogP contribution >= 0.6 is 24.4 Å². The molecule has 2 heterocycles. The number of nitrogens with zero attached hydrogens (tertiary/aromatic N) is 4. The normalized spacial score (nSPS) is 10.5. The van der Waals surface area contributed by atoms with Gasteiger partial charge in [-0.3, -0.25) is 14.3 Å². The molecule has 0 aliphatic rings. The van der Waals surface area contributed by atoms with Gasteiger partial charge in [-0.2, -0.15) is 0 Å². The summed E-state index contributed by atoms with van der Waals surface area (Å²) in [5, 5.41) is 9.82. The van der Waals surface area contributed by atoms with Crippen molar-refractivity contribution in [2.24, 2.45) is 0 Å². The van der Waals surface area contributed by atoms with Gasteiger partial charge in [-0.05, 0) is 35.8 Å². The van der Waals surface area contributed by atoms with Gasteiger partial charge < -0.3 is 15.3 Å². The third-order valence-electron chi connectivity index (χ3n) is 4.25. The van der Waals surface area contributed by atoms with Crippen LogP contribution in [0, 0.1) is 0 Å². The number of nitrogens with one attached hydrogen (secondary N) is 2. The maximum atomic E-state index is 12.1. The Morgan fingerprint density at radius 1 is 1.24 bits per heavy atom. The van der Waals surface area contributed by atoms with Crippen molar-refractivity contribution in [3.63, 3.8) is 0 Å². The van der Waals surface area contributed by atoms with Crippen molar-refractivity contribution in [1.29, 1.82) is 0 Å². The van der Waals surface area contributed by atoms with E-state index >= 15 is 0 Å². The van der Waals surface area contributed by atoms with Crippen LogP contribution in [0.2, 0.25) is 5.15 Å². The summed E-state index contributed by atoms with van der Waals surface area (Å²) in [5.74, 6) is -0.509. The first-order valence-electron chi connectivity index (χ1n) is 10.3. The Hall–Kier alpha value is -2.53. The van der Waals surface area contributed by atoms with Crippen LogP contribution < -0.4 is 10.0 Å². The molecule has 0 aliphatic carbocycles. The number of thiol groups is 1. The van der Waals surface area contributed by atoms with Gasteiger partial charge in [0, 0.05) is 33.8 Å². The van der Waals surface area contributed by atoms with Crippen molar-refractivity contribution in [3.05, 3.63) is 53.6 Å². The van der Waals surface area contributed by atoms with Crippen LogP contribution in [0.5, 0.6) is 0 Å². The Balaban J connectivity index is 0.00000242. The first-order chi connectivity index (χ1) is 15.9. The largest absolute Gasteiger partial charge is 0.400 e. The minimum absolute atomic E-state index is 0.0293. The monoisotopic (exact) mass is 496 g/mol. The maximum Gasteiger partial charge on any atom is 0.269 e. The van der Waals surface area contributed by atoms with Crippen LogP contribution in [0.3, 0.4) is 0 Å². The van der Waals surface area contributed by atoms with Crippen molar-refractivity contribution in [1.82, 2.24) is 29.9 Å². The number of amides is 2. The minimum atomic E-state index is -0.319. The molecule has 0 radical (unpaired) electrons. The highest BCUT2D eigenvalue weighted by molar-refractivity contribution is 7.78. The highest BCUT2D eigenvalue weighted by atomic mass is 35.5. The lowest BCUT2D eigenvalue weighted by atomic mass is 10.00. The molecule has 11 heteroatoms. The molecule has 0 saturated carbocycles. The lowest BCUT2D eigenvalue weighted by Crippen LogP contribution is -2.36. The molecule has 0 aliphatic heterocycles. The standard InChI is InChI=1S/C19H23ClN6O2S.C2H6.CH4O/c1-4-18(27)26(6-5-24-29)10-12(2)13-7-15(25-17(20)8-13)14-9-16(19(28)21-3)23-11-22-14;2*1-2/h4,7-9,11-12,24,29H,1,5-6,10H2,2-3H3,(H,21,28);1-2H3;2H,1H3. The number of aliphatic hydroxyl groups excluding tert-OH is 1. The van der Waals surface area contributed by atoms with E-state index in [1.807, 2.05) is 26.8 Å². The zero-order valence-corrected chi connectivity index (χ0v) is 21.3. The molecular weight excluding hydrogens is 464 g/mol. The number of carbonyl (C=O) groups excluding carboxylic acids is 2. The molecule has 2 amide bonds. The summed E-state index contributed by atoms with van der Waals surface area (Å²) in [6.07, 6.45) is 2.60. The number of aliphatic hydroxyl groups is 1. The van der Waals surface area contributed by atoms with E-state index in [-0.39, 0.29) is 23.4 Å². The Morgan fingerprint density at radius 2 is 1.91 bits per heavy atom. The van der Waals surface area contributed by atoms with Crippen molar-refractivity contribution in [2.75, 3.05) is 33.8 Å². The van der Waals surface area contributed by atoms with Crippen molar-refractivity contribution < 1.29 is 14.7 Å². The van der Waals surface area contributed by atoms with Gasteiger partial charge in [-0.1, -0.05) is 51.8 Å². The molecule has 182 valence electrons. The Kier molecular flexibility index (Phi) is 15.7. The Bertz CT molecular complexity index is 900. The zero-order chi connectivity index (χ0) is 25.4. The molecule has 3 N–H and O–H groups in total. The fraction of sp³-hybridized carbons (Fsp3) is 0.409. The molecule has 0 bridgehead atoms. The van der Waals surface area contributed by atoms with Crippen LogP contribution in [0.1, 0.15) is 42.7 Å². The van der Waals surface area contributed by atoms with Crippen molar-refractivity contribution >= 4 is 36.2 Å². The predicted octanol–water partition coefficient (Wildman–Crippen LogP) is 2.74. The van der Waals surface area contributed by atoms with Crippen molar-refractivity contribution in [3.8, 4) is 11.4 Å². The number of carbonyl (C=O) groups is 2. The molecule has 2 aromatic heterocycles. The summed E-state index contributed by atoms with van der Waals surface area (Å²) in [5.41, 5.74) is 2.12. The summed E-state index contributed by atoms with van der Waals surface area (Å²) < 4.78 is 2.74. The Labute approximate surface area is 206 Å². The maximum absolute atomic E-state index is 12.1. The molecule has 0 saturated heterocycles. The second-order valence-corrected chi connectivity index (χ2v) is 6.98. The summed E-state index contributed by atoms with van der Waals surface area (Å²) in [6.45, 7) is 11.0. The summed E-state index contributed by atoms with van der Waals surface area (Å²) in [6, 6.07) is 5.15. The van der Waals surface area contributed by atoms with E-state index in [4.69, 9.17) is 16.7 Å². The highest BCUT2D eigenvalue weighted by Gasteiger charge is 2.18. The van der Waals surface area contributed by atoms with Gasteiger partial charge in [0.1, 0.15) is 17.2 Å². The Morgan fingerprint density at radius 3 is 2.48 bits per heavy atom. The smallest absolute Gasteiger partial charge is 0.269 e. The molecule has 33 heavy (non-hydrogen) atoms. The van der Waals surface area contributed by atoms with Crippen LogP contribution in [0.25, 0.3) is 11.4 Å². The van der Waals surface area contributed by atoms with E-state index < -0.39 is 0 Å². The van der Waals surface area contributed by atoms with Gasteiger partial charge in [0.25, 0.3) is 5.91 Å². The average Bonchev–Trinajstić information content (AvgIpc) is 2.87. The van der Waals surface area contributed by atoms with Gasteiger partial charge >= 0.3 is 0 Å². The third kappa shape index (κ3) is 9.87. The van der Waals surface area contributed by atoms with E-state index in [0.29, 0.717) is 36.2 Å². The van der Waals surface area contributed by atoms with Gasteiger partial charge in [0.05, 0.1) is 11.4 Å². The first kappa shape index (κ1) is 30.5. The van der Waals surface area contributed by atoms with E-state index in [0.717, 1.165) is 12.7 Å². The summed E-state index contributed by atoms with van der Waals surface area (Å²) in [7, 11) is 2.53. The average molecular weight is 497 g/mol. The molecule has 1 atom stereocenters. The lowest BCUT2D eigenvalue weighted by molar-refractivity contribution is -0.126. The molecule has 1 unspecified atom stereocenters. The predicted molar refractivity (Wildman–Crippen MR) is 135 cm³/mol. The zero-order valence-electron chi connectivity index (χ0n) is 19.7. The van der Waals surface area contributed by atoms with Gasteiger partial charge in [-0.15, -0.1) is 0 Å². The van der Waals surface area contributed by atoms with Gasteiger partial charge in [0.2, 0.25) is 5.91 Å².